The van der Waals surface area contributed by atoms with Crippen molar-refractivity contribution in [3.05, 3.63) is 35.0 Å². The van der Waals surface area contributed by atoms with E-state index in [-0.39, 0.29) is 5.92 Å². The van der Waals surface area contributed by atoms with Crippen LogP contribution in [-0.2, 0) is 11.2 Å². The number of benzene rings is 1. The number of Topliss-reactive ketones (excluding diaryl/α,β-unsaturated/α-hetero) is 1. The van der Waals surface area contributed by atoms with Gasteiger partial charge in [-0.05, 0) is 37.0 Å². The number of carbonyl (C=O) groups is 1. The Bertz CT molecular complexity index is 587. The van der Waals surface area contributed by atoms with Gasteiger partial charge in [0.25, 0.3) is 0 Å². The molecule has 0 amide bonds. The van der Waals surface area contributed by atoms with Crippen molar-refractivity contribution in [3.63, 3.8) is 0 Å². The fraction of sp³-hybridized carbons (Fsp3) is 0.400. The zero-order valence-electron chi connectivity index (χ0n) is 10.2. The second-order valence-electron chi connectivity index (χ2n) is 5.12. The summed E-state index contributed by atoms with van der Waals surface area (Å²) in [4.78, 5) is 15.1. The van der Waals surface area contributed by atoms with Gasteiger partial charge in [0.1, 0.15) is 5.78 Å². The van der Waals surface area contributed by atoms with Crippen LogP contribution in [0, 0.1) is 5.92 Å². The highest BCUT2D eigenvalue weighted by molar-refractivity contribution is 6.31. The molecule has 18 heavy (non-hydrogen) atoms. The molecule has 3 rings (SSSR count). The molecule has 1 N–H and O–H groups in total. The molecule has 0 aliphatic heterocycles. The van der Waals surface area contributed by atoms with Crippen molar-refractivity contribution in [2.45, 2.75) is 32.1 Å². The number of H-pyrrole nitrogens is 1. The Morgan fingerprint density at radius 2 is 2.22 bits per heavy atom. The normalized spacial score (nSPS) is 20.5. The Labute approximate surface area is 111 Å². The standard InChI is InChI=1S/C15H16ClNO/c16-12-5-6-13-11(9-17-14(13)8-12)7-10-3-1-2-4-15(10)18/h5-6,8-10,17H,1-4,7H2. The van der Waals surface area contributed by atoms with Crippen molar-refractivity contribution in [3.8, 4) is 0 Å². The first-order valence-corrected chi connectivity index (χ1v) is 6.90. The first-order valence-electron chi connectivity index (χ1n) is 6.52. The summed E-state index contributed by atoms with van der Waals surface area (Å²) in [5, 5.41) is 1.93. The Hall–Kier alpha value is -1.28. The summed E-state index contributed by atoms with van der Waals surface area (Å²) in [6.45, 7) is 0. The van der Waals surface area contributed by atoms with Gasteiger partial charge in [-0.15, -0.1) is 0 Å². The molecule has 0 bridgehead atoms. The van der Waals surface area contributed by atoms with Gasteiger partial charge in [0, 0.05) is 34.5 Å². The Balaban J connectivity index is 1.88. The average molecular weight is 262 g/mol. The van der Waals surface area contributed by atoms with E-state index in [0.29, 0.717) is 5.78 Å². The number of aromatic amines is 1. The van der Waals surface area contributed by atoms with Crippen LogP contribution < -0.4 is 0 Å². The predicted octanol–water partition coefficient (Wildman–Crippen LogP) is 4.12. The van der Waals surface area contributed by atoms with Gasteiger partial charge in [0.2, 0.25) is 0 Å². The predicted molar refractivity (Wildman–Crippen MR) is 74.0 cm³/mol. The first kappa shape index (κ1) is 11.8. The van der Waals surface area contributed by atoms with E-state index < -0.39 is 0 Å². The largest absolute Gasteiger partial charge is 0.361 e. The minimum Gasteiger partial charge on any atom is -0.361 e. The molecule has 2 aromatic rings. The van der Waals surface area contributed by atoms with E-state index in [2.05, 4.69) is 4.98 Å². The maximum Gasteiger partial charge on any atom is 0.136 e. The van der Waals surface area contributed by atoms with Crippen molar-refractivity contribution in [1.82, 2.24) is 4.98 Å². The third-order valence-electron chi connectivity index (χ3n) is 3.88. The van der Waals surface area contributed by atoms with Crippen LogP contribution in [0.25, 0.3) is 10.9 Å². The number of nitrogens with one attached hydrogen (secondary N) is 1. The maximum atomic E-state index is 11.9. The van der Waals surface area contributed by atoms with Gasteiger partial charge >= 0.3 is 0 Å². The molecule has 0 radical (unpaired) electrons. The van der Waals surface area contributed by atoms with Crippen LogP contribution in [0.1, 0.15) is 31.2 Å². The maximum absolute atomic E-state index is 11.9. The van der Waals surface area contributed by atoms with Crippen molar-refractivity contribution in [2.75, 3.05) is 0 Å². The zero-order chi connectivity index (χ0) is 12.5. The van der Waals surface area contributed by atoms with Gasteiger partial charge in [-0.2, -0.15) is 0 Å². The molecule has 1 aromatic heterocycles. The molecule has 1 aliphatic rings. The molecule has 1 unspecified atom stereocenters. The number of halogens is 1. The number of rotatable bonds is 2. The summed E-state index contributed by atoms with van der Waals surface area (Å²) < 4.78 is 0. The number of fused-ring (bicyclic) bond motifs is 1. The summed E-state index contributed by atoms with van der Waals surface area (Å²) >= 11 is 5.97. The monoisotopic (exact) mass is 261 g/mol. The lowest BCUT2D eigenvalue weighted by atomic mass is 9.84. The molecule has 1 heterocycles. The highest BCUT2D eigenvalue weighted by atomic mass is 35.5. The third-order valence-corrected chi connectivity index (χ3v) is 4.11. The van der Waals surface area contributed by atoms with Crippen molar-refractivity contribution >= 4 is 28.3 Å². The quantitative estimate of drug-likeness (QED) is 0.867. The fourth-order valence-corrected chi connectivity index (χ4v) is 3.04. The van der Waals surface area contributed by atoms with Crippen LogP contribution in [0.15, 0.2) is 24.4 Å². The summed E-state index contributed by atoms with van der Waals surface area (Å²) in [7, 11) is 0. The van der Waals surface area contributed by atoms with Crippen LogP contribution >= 0.6 is 11.6 Å². The van der Waals surface area contributed by atoms with Crippen molar-refractivity contribution in [1.29, 1.82) is 0 Å². The van der Waals surface area contributed by atoms with Gasteiger partial charge in [-0.3, -0.25) is 4.79 Å². The third kappa shape index (κ3) is 2.17. The average Bonchev–Trinajstić information content (AvgIpc) is 2.74. The molecule has 94 valence electrons. The van der Waals surface area contributed by atoms with Crippen LogP contribution in [0.3, 0.4) is 0 Å². The smallest absolute Gasteiger partial charge is 0.136 e. The van der Waals surface area contributed by atoms with Gasteiger partial charge < -0.3 is 4.98 Å². The molecule has 2 nitrogen and oxygen atoms in total. The van der Waals surface area contributed by atoms with Gasteiger partial charge in [0.15, 0.2) is 0 Å². The topological polar surface area (TPSA) is 32.9 Å². The molecule has 1 saturated carbocycles. The SMILES string of the molecule is O=C1CCCCC1Cc1c[nH]c2cc(Cl)ccc12. The molecular weight excluding hydrogens is 246 g/mol. The molecule has 0 saturated heterocycles. The number of hydrogen-bond acceptors (Lipinski definition) is 1. The summed E-state index contributed by atoms with van der Waals surface area (Å²) in [5.74, 6) is 0.651. The highest BCUT2D eigenvalue weighted by Crippen LogP contribution is 2.28. The Kier molecular flexibility index (Phi) is 3.13. The first-order chi connectivity index (χ1) is 8.74. The van der Waals surface area contributed by atoms with Crippen molar-refractivity contribution < 1.29 is 4.79 Å². The van der Waals surface area contributed by atoms with E-state index in [1.54, 1.807) is 0 Å². The second kappa shape index (κ2) is 4.77. The van der Waals surface area contributed by atoms with Crippen molar-refractivity contribution in [2.24, 2.45) is 5.92 Å². The lowest BCUT2D eigenvalue weighted by molar-refractivity contribution is -0.124. The van der Waals surface area contributed by atoms with E-state index >= 15 is 0 Å². The van der Waals surface area contributed by atoms with E-state index in [1.165, 1.54) is 17.4 Å². The molecule has 1 aromatic carbocycles. The van der Waals surface area contributed by atoms with Crippen LogP contribution in [-0.4, -0.2) is 10.8 Å². The summed E-state index contributed by atoms with van der Waals surface area (Å²) in [6, 6.07) is 5.88. The minimum absolute atomic E-state index is 0.216. The lowest BCUT2D eigenvalue weighted by Gasteiger charge is -2.19. The lowest BCUT2D eigenvalue weighted by Crippen LogP contribution is -2.20. The number of aromatic nitrogens is 1. The molecule has 0 spiro atoms. The second-order valence-corrected chi connectivity index (χ2v) is 5.55. The summed E-state index contributed by atoms with van der Waals surface area (Å²) in [6.07, 6.45) is 6.94. The molecular formula is C15H16ClNO. The minimum atomic E-state index is 0.216. The number of carbonyl (C=O) groups excluding carboxylic acids is 1. The van der Waals surface area contributed by atoms with E-state index in [0.717, 1.165) is 36.2 Å². The number of hydrogen-bond donors (Lipinski definition) is 1. The highest BCUT2D eigenvalue weighted by Gasteiger charge is 2.23. The van der Waals surface area contributed by atoms with Gasteiger partial charge in [0.05, 0.1) is 0 Å². The Morgan fingerprint density at radius 3 is 3.06 bits per heavy atom. The van der Waals surface area contributed by atoms with E-state index in [4.69, 9.17) is 11.6 Å². The Morgan fingerprint density at radius 1 is 1.33 bits per heavy atom. The molecule has 1 aliphatic carbocycles. The molecule has 1 atom stereocenters. The van der Waals surface area contributed by atoms with E-state index in [9.17, 15) is 4.79 Å². The molecule has 1 fully saturated rings. The van der Waals surface area contributed by atoms with E-state index in [1.807, 2.05) is 24.4 Å². The van der Waals surface area contributed by atoms with Crippen LogP contribution in [0.2, 0.25) is 5.02 Å². The van der Waals surface area contributed by atoms with Gasteiger partial charge in [-0.25, -0.2) is 0 Å². The van der Waals surface area contributed by atoms with Crippen LogP contribution in [0.5, 0.6) is 0 Å². The fourth-order valence-electron chi connectivity index (χ4n) is 2.86. The summed E-state index contributed by atoms with van der Waals surface area (Å²) in [5.41, 5.74) is 2.29. The van der Waals surface area contributed by atoms with Gasteiger partial charge in [-0.1, -0.05) is 24.1 Å². The molecule has 3 heteroatoms. The van der Waals surface area contributed by atoms with Crippen LogP contribution in [0.4, 0.5) is 0 Å². The number of ketones is 1. The zero-order valence-corrected chi connectivity index (χ0v) is 11.0.